The van der Waals surface area contributed by atoms with Crippen LogP contribution in [-0.4, -0.2) is 31.4 Å². The SMILES string of the molecule is CC(C)c1c(C(=O)Nc2cnn(CC(N)=O)c2)cnn1-c1ccc(Cl)cc1. The van der Waals surface area contributed by atoms with Gasteiger partial charge in [0, 0.05) is 11.2 Å². The predicted octanol–water partition coefficient (Wildman–Crippen LogP) is 2.58. The lowest BCUT2D eigenvalue weighted by atomic mass is 10.0. The van der Waals surface area contributed by atoms with Crippen molar-refractivity contribution in [3.05, 3.63) is 59.1 Å². The Hall–Kier alpha value is -3.13. The van der Waals surface area contributed by atoms with Crippen molar-refractivity contribution in [3.63, 3.8) is 0 Å². The molecule has 0 fully saturated rings. The molecule has 9 heteroatoms. The summed E-state index contributed by atoms with van der Waals surface area (Å²) in [7, 11) is 0. The standard InChI is InChI=1S/C18H19ClN6O2/c1-11(2)17-15(8-22-25(17)14-5-3-12(19)4-6-14)18(27)23-13-7-21-24(9-13)10-16(20)26/h3-9,11H,10H2,1-2H3,(H2,20,26)(H,23,27). The molecular formula is C18H19ClN6O2. The molecule has 0 spiro atoms. The minimum atomic E-state index is -0.512. The lowest BCUT2D eigenvalue weighted by Crippen LogP contribution is -2.19. The number of primary amides is 1. The van der Waals surface area contributed by atoms with E-state index >= 15 is 0 Å². The number of anilines is 1. The third-order valence-corrected chi connectivity index (χ3v) is 4.13. The highest BCUT2D eigenvalue weighted by Gasteiger charge is 2.21. The predicted molar refractivity (Wildman–Crippen MR) is 102 cm³/mol. The molecule has 8 nitrogen and oxygen atoms in total. The summed E-state index contributed by atoms with van der Waals surface area (Å²) in [4.78, 5) is 23.7. The number of nitrogens with zero attached hydrogens (tertiary/aromatic N) is 4. The van der Waals surface area contributed by atoms with Crippen LogP contribution in [0.5, 0.6) is 0 Å². The van der Waals surface area contributed by atoms with E-state index in [1.54, 1.807) is 23.0 Å². The summed E-state index contributed by atoms with van der Waals surface area (Å²) in [5.41, 5.74) is 7.66. The number of hydrogen-bond donors (Lipinski definition) is 2. The Labute approximate surface area is 160 Å². The van der Waals surface area contributed by atoms with Crippen LogP contribution >= 0.6 is 11.6 Å². The second-order valence-corrected chi connectivity index (χ2v) is 6.77. The van der Waals surface area contributed by atoms with Crippen molar-refractivity contribution < 1.29 is 9.59 Å². The first-order valence-corrected chi connectivity index (χ1v) is 8.69. The summed E-state index contributed by atoms with van der Waals surface area (Å²) in [6.07, 6.45) is 4.54. The molecule has 0 atom stereocenters. The average molecular weight is 387 g/mol. The number of benzene rings is 1. The fraction of sp³-hybridized carbons (Fsp3) is 0.222. The number of carbonyl (C=O) groups excluding carboxylic acids is 2. The van der Waals surface area contributed by atoms with E-state index in [1.807, 2.05) is 26.0 Å². The van der Waals surface area contributed by atoms with Crippen molar-refractivity contribution >= 4 is 29.1 Å². The molecule has 0 unspecified atom stereocenters. The number of nitrogens with two attached hydrogens (primary N) is 1. The first kappa shape index (κ1) is 18.7. The van der Waals surface area contributed by atoms with Gasteiger partial charge in [-0.15, -0.1) is 0 Å². The molecule has 2 aromatic heterocycles. The van der Waals surface area contributed by atoms with E-state index < -0.39 is 5.91 Å². The van der Waals surface area contributed by atoms with Gasteiger partial charge in [0.1, 0.15) is 6.54 Å². The highest BCUT2D eigenvalue weighted by atomic mass is 35.5. The van der Waals surface area contributed by atoms with Crippen LogP contribution in [0.4, 0.5) is 5.69 Å². The Morgan fingerprint density at radius 1 is 1.19 bits per heavy atom. The van der Waals surface area contributed by atoms with Gasteiger partial charge in [-0.2, -0.15) is 10.2 Å². The molecule has 3 rings (SSSR count). The fourth-order valence-electron chi connectivity index (χ4n) is 2.75. The van der Waals surface area contributed by atoms with Gasteiger partial charge in [-0.3, -0.25) is 14.3 Å². The van der Waals surface area contributed by atoms with Gasteiger partial charge in [0.15, 0.2) is 0 Å². The Morgan fingerprint density at radius 2 is 1.89 bits per heavy atom. The zero-order valence-electron chi connectivity index (χ0n) is 14.9. The summed E-state index contributed by atoms with van der Waals surface area (Å²) >= 11 is 5.95. The van der Waals surface area contributed by atoms with Crippen LogP contribution in [0.1, 0.15) is 35.8 Å². The van der Waals surface area contributed by atoms with Gasteiger partial charge in [0.05, 0.1) is 35.0 Å². The molecule has 27 heavy (non-hydrogen) atoms. The first-order chi connectivity index (χ1) is 12.8. The van der Waals surface area contributed by atoms with Gasteiger partial charge >= 0.3 is 0 Å². The molecular weight excluding hydrogens is 368 g/mol. The Kier molecular flexibility index (Phi) is 5.27. The molecule has 0 bridgehead atoms. The summed E-state index contributed by atoms with van der Waals surface area (Å²) in [6, 6.07) is 7.23. The van der Waals surface area contributed by atoms with Crippen LogP contribution in [0.15, 0.2) is 42.9 Å². The number of amides is 2. The van der Waals surface area contributed by atoms with E-state index in [9.17, 15) is 9.59 Å². The third-order valence-electron chi connectivity index (χ3n) is 3.88. The third kappa shape index (κ3) is 4.17. The van der Waals surface area contributed by atoms with E-state index in [0.29, 0.717) is 16.3 Å². The number of aromatic nitrogens is 4. The number of hydrogen-bond acceptors (Lipinski definition) is 4. The second kappa shape index (κ2) is 7.63. The number of halogens is 1. The van der Waals surface area contributed by atoms with Crippen molar-refractivity contribution in [1.29, 1.82) is 0 Å². The molecule has 3 aromatic rings. The second-order valence-electron chi connectivity index (χ2n) is 6.33. The van der Waals surface area contributed by atoms with Gasteiger partial charge in [0.25, 0.3) is 5.91 Å². The van der Waals surface area contributed by atoms with Gasteiger partial charge in [0.2, 0.25) is 5.91 Å². The zero-order valence-corrected chi connectivity index (χ0v) is 15.6. The monoisotopic (exact) mass is 386 g/mol. The maximum atomic E-state index is 12.8. The van der Waals surface area contributed by atoms with Crippen LogP contribution in [0.25, 0.3) is 5.69 Å². The number of nitrogens with one attached hydrogen (secondary N) is 1. The van der Waals surface area contributed by atoms with Gasteiger partial charge in [-0.25, -0.2) is 4.68 Å². The Bertz CT molecular complexity index is 974. The highest BCUT2D eigenvalue weighted by molar-refractivity contribution is 6.30. The van der Waals surface area contributed by atoms with Crippen molar-refractivity contribution in [3.8, 4) is 5.69 Å². The zero-order chi connectivity index (χ0) is 19.6. The largest absolute Gasteiger partial charge is 0.368 e. The molecule has 0 radical (unpaired) electrons. The van der Waals surface area contributed by atoms with E-state index in [1.165, 1.54) is 17.1 Å². The molecule has 3 N–H and O–H groups in total. The summed E-state index contributed by atoms with van der Waals surface area (Å²) in [6.45, 7) is 3.93. The molecule has 0 saturated carbocycles. The van der Waals surface area contributed by atoms with Crippen LogP contribution in [0, 0.1) is 0 Å². The minimum absolute atomic E-state index is 0.0540. The van der Waals surface area contributed by atoms with Crippen molar-refractivity contribution in [2.24, 2.45) is 5.73 Å². The van der Waals surface area contributed by atoms with Crippen LogP contribution in [0.3, 0.4) is 0 Å². The topological polar surface area (TPSA) is 108 Å². The van der Waals surface area contributed by atoms with E-state index in [4.69, 9.17) is 17.3 Å². The molecule has 140 valence electrons. The molecule has 0 aliphatic rings. The van der Waals surface area contributed by atoms with Crippen molar-refractivity contribution in [1.82, 2.24) is 19.6 Å². The van der Waals surface area contributed by atoms with Crippen LogP contribution < -0.4 is 11.1 Å². The lowest BCUT2D eigenvalue weighted by molar-refractivity contribution is -0.118. The highest BCUT2D eigenvalue weighted by Crippen LogP contribution is 2.24. The molecule has 0 aliphatic heterocycles. The van der Waals surface area contributed by atoms with Gasteiger partial charge in [-0.1, -0.05) is 25.4 Å². The van der Waals surface area contributed by atoms with E-state index in [2.05, 4.69) is 15.5 Å². The molecule has 0 aliphatic carbocycles. The van der Waals surface area contributed by atoms with Crippen molar-refractivity contribution in [2.45, 2.75) is 26.3 Å². The Balaban J connectivity index is 1.87. The summed E-state index contributed by atoms with van der Waals surface area (Å²) < 4.78 is 3.09. The van der Waals surface area contributed by atoms with Crippen molar-refractivity contribution in [2.75, 3.05) is 5.32 Å². The smallest absolute Gasteiger partial charge is 0.259 e. The molecule has 0 saturated heterocycles. The lowest BCUT2D eigenvalue weighted by Gasteiger charge is -2.12. The van der Waals surface area contributed by atoms with E-state index in [-0.39, 0.29) is 18.4 Å². The normalized spacial score (nSPS) is 11.0. The maximum absolute atomic E-state index is 12.8. The maximum Gasteiger partial charge on any atom is 0.259 e. The quantitative estimate of drug-likeness (QED) is 0.678. The number of carbonyl (C=O) groups is 2. The number of rotatable bonds is 6. The summed E-state index contributed by atoms with van der Waals surface area (Å²) in [5, 5.41) is 11.8. The molecule has 2 amide bonds. The van der Waals surface area contributed by atoms with Gasteiger partial charge < -0.3 is 11.1 Å². The van der Waals surface area contributed by atoms with Gasteiger partial charge in [-0.05, 0) is 30.2 Å². The molecule has 2 heterocycles. The first-order valence-electron chi connectivity index (χ1n) is 8.31. The summed E-state index contributed by atoms with van der Waals surface area (Å²) in [5.74, 6) is -0.763. The van der Waals surface area contributed by atoms with Crippen LogP contribution in [0.2, 0.25) is 5.02 Å². The van der Waals surface area contributed by atoms with Crippen LogP contribution in [-0.2, 0) is 11.3 Å². The minimum Gasteiger partial charge on any atom is -0.368 e. The fourth-order valence-corrected chi connectivity index (χ4v) is 2.88. The molecule has 1 aromatic carbocycles. The average Bonchev–Trinajstić information content (AvgIpc) is 3.22. The Morgan fingerprint density at radius 3 is 2.52 bits per heavy atom. The van der Waals surface area contributed by atoms with E-state index in [0.717, 1.165) is 11.4 Å².